The average molecular weight is 262 g/mol. The number of aliphatic carboxylic acids is 1. The van der Waals surface area contributed by atoms with Gasteiger partial charge in [0.25, 0.3) is 0 Å². The summed E-state index contributed by atoms with van der Waals surface area (Å²) in [5, 5.41) is 8.92. The summed E-state index contributed by atoms with van der Waals surface area (Å²) >= 11 is 0. The molecule has 0 spiro atoms. The number of carbonyl (C=O) groups is 2. The van der Waals surface area contributed by atoms with Gasteiger partial charge in [0, 0.05) is 25.0 Å². The van der Waals surface area contributed by atoms with E-state index in [9.17, 15) is 22.8 Å². The van der Waals surface area contributed by atoms with Gasteiger partial charge in [-0.15, -0.1) is 0 Å². The van der Waals surface area contributed by atoms with Gasteiger partial charge in [0.2, 0.25) is 0 Å². The van der Waals surface area contributed by atoms with Crippen molar-refractivity contribution in [3.8, 4) is 0 Å². The highest BCUT2D eigenvalue weighted by atomic mass is 19.4. The summed E-state index contributed by atoms with van der Waals surface area (Å²) in [5.74, 6) is -3.79. The summed E-state index contributed by atoms with van der Waals surface area (Å²) in [5.41, 5.74) is -0.00917. The third-order valence-corrected chi connectivity index (χ3v) is 2.18. The van der Waals surface area contributed by atoms with E-state index in [1.54, 1.807) is 0 Å². The van der Waals surface area contributed by atoms with Crippen LogP contribution in [0.1, 0.15) is 11.6 Å². The van der Waals surface area contributed by atoms with Gasteiger partial charge in [0.1, 0.15) is 0 Å². The zero-order chi connectivity index (χ0) is 13.9. The van der Waals surface area contributed by atoms with Crippen molar-refractivity contribution in [1.29, 1.82) is 0 Å². The minimum atomic E-state index is -5.12. The number of rotatable bonds is 3. The largest absolute Gasteiger partial charge is 0.479 e. The molecular weight excluding hydrogens is 253 g/mol. The van der Waals surface area contributed by atoms with Gasteiger partial charge >= 0.3 is 18.1 Å². The number of carboxylic acids is 1. The van der Waals surface area contributed by atoms with Gasteiger partial charge in [-0.1, -0.05) is 6.07 Å². The Bertz CT molecular complexity index is 447. The van der Waals surface area contributed by atoms with Crippen molar-refractivity contribution >= 4 is 11.9 Å². The Morgan fingerprint density at radius 2 is 2.06 bits per heavy atom. The van der Waals surface area contributed by atoms with Crippen LogP contribution in [0.4, 0.5) is 13.2 Å². The first-order valence-electron chi connectivity index (χ1n) is 4.72. The molecule has 0 saturated carbocycles. The smallest absolute Gasteiger partial charge is 0.471 e. The number of pyridine rings is 1. The van der Waals surface area contributed by atoms with Gasteiger partial charge in [-0.3, -0.25) is 9.78 Å². The van der Waals surface area contributed by atoms with E-state index < -0.39 is 24.1 Å². The third-order valence-electron chi connectivity index (χ3n) is 2.18. The van der Waals surface area contributed by atoms with Crippen LogP contribution in [0.25, 0.3) is 0 Å². The Kier molecular flexibility index (Phi) is 3.89. The van der Waals surface area contributed by atoms with Crippen molar-refractivity contribution in [2.45, 2.75) is 12.2 Å². The minimum Gasteiger partial charge on any atom is -0.479 e. The molecule has 1 rings (SSSR count). The number of hydrogen-bond donors (Lipinski definition) is 1. The number of carbonyl (C=O) groups excluding carboxylic acids is 1. The van der Waals surface area contributed by atoms with Crippen LogP contribution in [0.3, 0.4) is 0 Å². The van der Waals surface area contributed by atoms with E-state index >= 15 is 0 Å². The fourth-order valence-electron chi connectivity index (χ4n) is 1.39. The van der Waals surface area contributed by atoms with E-state index in [0.717, 1.165) is 13.2 Å². The molecule has 0 bridgehead atoms. The highest BCUT2D eigenvalue weighted by Gasteiger charge is 2.45. The maximum absolute atomic E-state index is 12.2. The molecule has 1 aromatic rings. The fourth-order valence-corrected chi connectivity index (χ4v) is 1.39. The number of carboxylic acid groups (broad SMARTS) is 1. The molecule has 1 N–H and O–H groups in total. The Balaban J connectivity index is 3.08. The first-order valence-corrected chi connectivity index (χ1v) is 4.72. The zero-order valence-electron chi connectivity index (χ0n) is 9.18. The van der Waals surface area contributed by atoms with E-state index in [2.05, 4.69) is 4.98 Å². The first-order chi connectivity index (χ1) is 8.25. The fraction of sp³-hybridized carbons (Fsp3) is 0.300. The van der Waals surface area contributed by atoms with Crippen molar-refractivity contribution < 1.29 is 27.9 Å². The number of hydrogen-bond acceptors (Lipinski definition) is 3. The Morgan fingerprint density at radius 1 is 1.44 bits per heavy atom. The van der Waals surface area contributed by atoms with Crippen molar-refractivity contribution in [3.63, 3.8) is 0 Å². The van der Waals surface area contributed by atoms with Crippen LogP contribution < -0.4 is 0 Å². The summed E-state index contributed by atoms with van der Waals surface area (Å²) in [6.07, 6.45) is -2.68. The maximum atomic E-state index is 12.2. The van der Waals surface area contributed by atoms with Gasteiger partial charge < -0.3 is 10.0 Å². The summed E-state index contributed by atoms with van der Waals surface area (Å²) in [6, 6.07) is 0.927. The molecule has 1 amide bonds. The first kappa shape index (κ1) is 13.9. The molecule has 18 heavy (non-hydrogen) atoms. The number of nitrogens with zero attached hydrogens (tertiary/aromatic N) is 2. The SMILES string of the molecule is CN(C(=O)C(F)(F)F)C(C(=O)O)c1cccnc1. The average Bonchev–Trinajstić information content (AvgIpc) is 2.27. The second-order valence-corrected chi connectivity index (χ2v) is 3.44. The van der Waals surface area contributed by atoms with Crippen LogP contribution >= 0.6 is 0 Å². The highest BCUT2D eigenvalue weighted by molar-refractivity contribution is 5.87. The molecule has 0 aromatic carbocycles. The summed E-state index contributed by atoms with van der Waals surface area (Å²) < 4.78 is 36.7. The third kappa shape index (κ3) is 2.96. The molecule has 0 aliphatic carbocycles. The number of aromatic nitrogens is 1. The monoisotopic (exact) mass is 262 g/mol. The Labute approximate surface area is 99.8 Å². The molecule has 1 heterocycles. The number of amides is 1. The van der Waals surface area contributed by atoms with Crippen LogP contribution in [0.5, 0.6) is 0 Å². The van der Waals surface area contributed by atoms with Crippen LogP contribution in [-0.2, 0) is 9.59 Å². The van der Waals surface area contributed by atoms with E-state index in [0.29, 0.717) is 0 Å². The summed E-state index contributed by atoms with van der Waals surface area (Å²) in [4.78, 5) is 25.7. The number of halogens is 3. The Morgan fingerprint density at radius 3 is 2.44 bits per heavy atom. The van der Waals surface area contributed by atoms with Gasteiger partial charge in [-0.25, -0.2) is 4.79 Å². The Hall–Kier alpha value is -2.12. The normalized spacial score (nSPS) is 12.9. The van der Waals surface area contributed by atoms with Gasteiger partial charge in [-0.2, -0.15) is 13.2 Å². The van der Waals surface area contributed by atoms with Crippen LogP contribution in [0, 0.1) is 0 Å². The maximum Gasteiger partial charge on any atom is 0.471 e. The lowest BCUT2D eigenvalue weighted by molar-refractivity contribution is -0.188. The summed E-state index contributed by atoms with van der Waals surface area (Å²) in [7, 11) is 0.779. The molecular formula is C10H9F3N2O3. The predicted octanol–water partition coefficient (Wildman–Crippen LogP) is 1.23. The van der Waals surface area contributed by atoms with Crippen LogP contribution in [-0.4, -0.2) is 40.1 Å². The molecule has 1 aromatic heterocycles. The number of likely N-dealkylation sites (N-methyl/N-ethyl adjacent to an activating group) is 1. The molecule has 0 saturated heterocycles. The second-order valence-electron chi connectivity index (χ2n) is 3.44. The van der Waals surface area contributed by atoms with Crippen LogP contribution in [0.2, 0.25) is 0 Å². The molecule has 98 valence electrons. The topological polar surface area (TPSA) is 70.5 Å². The molecule has 1 unspecified atom stereocenters. The predicted molar refractivity (Wildman–Crippen MR) is 53.4 cm³/mol. The molecule has 5 nitrogen and oxygen atoms in total. The summed E-state index contributed by atoms with van der Waals surface area (Å²) in [6.45, 7) is 0. The van der Waals surface area contributed by atoms with Gasteiger partial charge in [-0.05, 0) is 6.07 Å². The lowest BCUT2D eigenvalue weighted by Gasteiger charge is -2.25. The van der Waals surface area contributed by atoms with Crippen LogP contribution in [0.15, 0.2) is 24.5 Å². The van der Waals surface area contributed by atoms with E-state index in [1.165, 1.54) is 18.3 Å². The standard InChI is InChI=1S/C10H9F3N2O3/c1-15(9(18)10(11,12)13)7(8(16)17)6-3-2-4-14-5-6/h2-5,7H,1H3,(H,16,17). The van der Waals surface area contributed by atoms with E-state index in [1.807, 2.05) is 0 Å². The molecule has 0 aliphatic rings. The van der Waals surface area contributed by atoms with E-state index in [-0.39, 0.29) is 10.5 Å². The quantitative estimate of drug-likeness (QED) is 0.889. The highest BCUT2D eigenvalue weighted by Crippen LogP contribution is 2.25. The lowest BCUT2D eigenvalue weighted by atomic mass is 10.1. The van der Waals surface area contributed by atoms with Crippen molar-refractivity contribution in [2.75, 3.05) is 7.05 Å². The molecule has 8 heteroatoms. The minimum absolute atomic E-state index is 0.00917. The second kappa shape index (κ2) is 5.03. The number of alkyl halides is 3. The van der Waals surface area contributed by atoms with Crippen molar-refractivity contribution in [2.24, 2.45) is 0 Å². The van der Waals surface area contributed by atoms with Gasteiger partial charge in [0.15, 0.2) is 6.04 Å². The van der Waals surface area contributed by atoms with Crippen molar-refractivity contribution in [1.82, 2.24) is 9.88 Å². The van der Waals surface area contributed by atoms with Gasteiger partial charge in [0.05, 0.1) is 0 Å². The van der Waals surface area contributed by atoms with Crippen molar-refractivity contribution in [3.05, 3.63) is 30.1 Å². The molecule has 0 fully saturated rings. The lowest BCUT2D eigenvalue weighted by Crippen LogP contribution is -2.43. The zero-order valence-corrected chi connectivity index (χ0v) is 9.18. The molecule has 0 radical (unpaired) electrons. The molecule has 1 atom stereocenters. The van der Waals surface area contributed by atoms with E-state index in [4.69, 9.17) is 5.11 Å². The molecule has 0 aliphatic heterocycles.